The van der Waals surface area contributed by atoms with E-state index in [9.17, 15) is 9.59 Å². The average Bonchev–Trinajstić information content (AvgIpc) is 3.30. The summed E-state index contributed by atoms with van der Waals surface area (Å²) in [4.78, 5) is 28.1. The van der Waals surface area contributed by atoms with E-state index >= 15 is 0 Å². The minimum absolute atomic E-state index is 0.0727. The van der Waals surface area contributed by atoms with Gasteiger partial charge in [-0.25, -0.2) is 0 Å². The molecule has 2 unspecified atom stereocenters. The van der Waals surface area contributed by atoms with Crippen molar-refractivity contribution in [3.05, 3.63) is 108 Å². The van der Waals surface area contributed by atoms with E-state index < -0.39 is 0 Å². The number of amides is 2. The van der Waals surface area contributed by atoms with Crippen LogP contribution in [0.4, 0.5) is 0 Å². The van der Waals surface area contributed by atoms with Crippen molar-refractivity contribution >= 4 is 11.8 Å². The summed E-state index contributed by atoms with van der Waals surface area (Å²) in [5, 5.41) is 3.07. The lowest BCUT2D eigenvalue weighted by molar-refractivity contribution is -0.132. The summed E-state index contributed by atoms with van der Waals surface area (Å²) in [6.07, 6.45) is 2.21. The number of hydrogen-bond acceptors (Lipinski definition) is 2. The van der Waals surface area contributed by atoms with Gasteiger partial charge in [0, 0.05) is 12.1 Å². The molecule has 1 fully saturated rings. The minimum atomic E-state index is -0.372. The van der Waals surface area contributed by atoms with Gasteiger partial charge in [0.05, 0.1) is 18.5 Å². The fourth-order valence-corrected chi connectivity index (χ4v) is 4.15. The summed E-state index contributed by atoms with van der Waals surface area (Å²) in [7, 11) is 0. The third kappa shape index (κ3) is 4.60. The summed E-state index contributed by atoms with van der Waals surface area (Å²) in [6.45, 7) is 0.756. The molecule has 3 aromatic rings. The Labute approximate surface area is 177 Å². The molecular formula is C26H26N2O2. The molecule has 1 heterocycles. The van der Waals surface area contributed by atoms with Gasteiger partial charge in [-0.15, -0.1) is 0 Å². The lowest BCUT2D eigenvalue weighted by Gasteiger charge is -2.28. The van der Waals surface area contributed by atoms with Gasteiger partial charge in [0.1, 0.15) is 0 Å². The predicted molar refractivity (Wildman–Crippen MR) is 118 cm³/mol. The van der Waals surface area contributed by atoms with Crippen LogP contribution in [0.1, 0.15) is 52.8 Å². The highest BCUT2D eigenvalue weighted by atomic mass is 16.2. The second-order valence-corrected chi connectivity index (χ2v) is 7.66. The highest BCUT2D eigenvalue weighted by Gasteiger charge is 2.31. The molecule has 0 aromatic heterocycles. The zero-order valence-corrected chi connectivity index (χ0v) is 16.9. The van der Waals surface area contributed by atoms with E-state index in [-0.39, 0.29) is 30.3 Å². The van der Waals surface area contributed by atoms with E-state index in [4.69, 9.17) is 0 Å². The molecule has 0 radical (unpaired) electrons. The normalized spacial score (nSPS) is 16.8. The molecule has 0 spiro atoms. The Bertz CT molecular complexity index is 974. The Hall–Kier alpha value is -3.40. The van der Waals surface area contributed by atoms with Gasteiger partial charge in [-0.2, -0.15) is 0 Å². The van der Waals surface area contributed by atoms with Crippen LogP contribution >= 0.6 is 0 Å². The molecule has 1 aliphatic rings. The highest BCUT2D eigenvalue weighted by molar-refractivity contribution is 5.94. The van der Waals surface area contributed by atoms with E-state index in [1.54, 1.807) is 12.1 Å². The molecule has 2 atom stereocenters. The van der Waals surface area contributed by atoms with Gasteiger partial charge in [-0.1, -0.05) is 78.9 Å². The second-order valence-electron chi connectivity index (χ2n) is 7.66. The molecule has 152 valence electrons. The van der Waals surface area contributed by atoms with Gasteiger partial charge in [-0.3, -0.25) is 9.59 Å². The van der Waals surface area contributed by atoms with Crippen molar-refractivity contribution in [2.45, 2.75) is 31.3 Å². The number of nitrogens with zero attached hydrogens (tertiary/aromatic N) is 1. The van der Waals surface area contributed by atoms with Crippen molar-refractivity contribution in [2.75, 3.05) is 6.54 Å². The van der Waals surface area contributed by atoms with E-state index in [1.165, 1.54) is 5.56 Å². The molecule has 1 N–H and O–H groups in total. The third-order valence-corrected chi connectivity index (χ3v) is 5.68. The number of nitrogens with one attached hydrogen (secondary N) is 1. The monoisotopic (exact) mass is 398 g/mol. The van der Waals surface area contributed by atoms with E-state index in [2.05, 4.69) is 17.4 Å². The van der Waals surface area contributed by atoms with Crippen LogP contribution in [0.5, 0.6) is 0 Å². The maximum absolute atomic E-state index is 13.3. The van der Waals surface area contributed by atoms with Crippen LogP contribution in [0.3, 0.4) is 0 Å². The van der Waals surface area contributed by atoms with Crippen LogP contribution in [0.2, 0.25) is 0 Å². The molecule has 1 saturated heterocycles. The van der Waals surface area contributed by atoms with Crippen LogP contribution in [-0.2, 0) is 4.79 Å². The minimum Gasteiger partial charge on any atom is -0.345 e. The van der Waals surface area contributed by atoms with Crippen molar-refractivity contribution in [2.24, 2.45) is 0 Å². The quantitative estimate of drug-likeness (QED) is 0.641. The van der Waals surface area contributed by atoms with Gasteiger partial charge in [0.2, 0.25) is 5.91 Å². The lowest BCUT2D eigenvalue weighted by Crippen LogP contribution is -2.36. The number of carbonyl (C=O) groups is 2. The smallest absolute Gasteiger partial charge is 0.251 e. The van der Waals surface area contributed by atoms with Crippen LogP contribution in [0.25, 0.3) is 0 Å². The molecule has 3 aromatic carbocycles. The number of rotatable bonds is 6. The summed E-state index contributed by atoms with van der Waals surface area (Å²) < 4.78 is 0. The molecule has 4 rings (SSSR count). The zero-order chi connectivity index (χ0) is 20.8. The summed E-state index contributed by atoms with van der Waals surface area (Å²) in [6, 6.07) is 28.8. The molecule has 0 saturated carbocycles. The first kappa shape index (κ1) is 19.9. The van der Waals surface area contributed by atoms with E-state index in [0.717, 1.165) is 24.9 Å². The second kappa shape index (κ2) is 9.40. The van der Waals surface area contributed by atoms with Crippen LogP contribution in [0, 0.1) is 0 Å². The maximum atomic E-state index is 13.3. The summed E-state index contributed by atoms with van der Waals surface area (Å²) >= 11 is 0. The van der Waals surface area contributed by atoms with Crippen LogP contribution in [-0.4, -0.2) is 23.3 Å². The van der Waals surface area contributed by atoms with Crippen molar-refractivity contribution < 1.29 is 9.59 Å². The van der Waals surface area contributed by atoms with Gasteiger partial charge < -0.3 is 10.2 Å². The largest absolute Gasteiger partial charge is 0.345 e. The van der Waals surface area contributed by atoms with Gasteiger partial charge in [-0.05, 0) is 36.1 Å². The molecule has 4 heteroatoms. The van der Waals surface area contributed by atoms with Gasteiger partial charge >= 0.3 is 0 Å². The molecule has 2 amide bonds. The number of hydrogen-bond donors (Lipinski definition) is 1. The van der Waals surface area contributed by atoms with Crippen molar-refractivity contribution in [3.63, 3.8) is 0 Å². The summed E-state index contributed by atoms with van der Waals surface area (Å²) in [5.41, 5.74) is 2.70. The van der Waals surface area contributed by atoms with Crippen LogP contribution < -0.4 is 5.32 Å². The molecular weight excluding hydrogens is 372 g/mol. The Morgan fingerprint density at radius 1 is 0.867 bits per heavy atom. The number of carbonyl (C=O) groups excluding carboxylic acids is 2. The molecule has 0 aliphatic carbocycles. The maximum Gasteiger partial charge on any atom is 0.251 e. The van der Waals surface area contributed by atoms with Crippen molar-refractivity contribution in [1.29, 1.82) is 0 Å². The first-order valence-electron chi connectivity index (χ1n) is 10.5. The fourth-order valence-electron chi connectivity index (χ4n) is 4.15. The van der Waals surface area contributed by atoms with E-state index in [1.807, 2.05) is 71.6 Å². The Morgan fingerprint density at radius 2 is 1.47 bits per heavy atom. The lowest BCUT2D eigenvalue weighted by atomic mass is 10.0. The third-order valence-electron chi connectivity index (χ3n) is 5.68. The SMILES string of the molecule is O=C(NC(CC(=O)N1CCCC1c1ccccc1)c1ccccc1)c1ccccc1. The van der Waals surface area contributed by atoms with E-state index in [0.29, 0.717) is 5.56 Å². The molecule has 4 nitrogen and oxygen atoms in total. The Kier molecular flexibility index (Phi) is 6.23. The average molecular weight is 399 g/mol. The summed E-state index contributed by atoms with van der Waals surface area (Å²) in [5.74, 6) is -0.0955. The topological polar surface area (TPSA) is 49.4 Å². The molecule has 1 aliphatic heterocycles. The van der Waals surface area contributed by atoms with Gasteiger partial charge in [0.25, 0.3) is 5.91 Å². The molecule has 0 bridgehead atoms. The Balaban J connectivity index is 1.53. The first-order chi connectivity index (χ1) is 14.7. The van der Waals surface area contributed by atoms with Gasteiger partial charge in [0.15, 0.2) is 0 Å². The number of likely N-dealkylation sites (tertiary alicyclic amines) is 1. The predicted octanol–water partition coefficient (Wildman–Crippen LogP) is 4.91. The van der Waals surface area contributed by atoms with Crippen molar-refractivity contribution in [3.8, 4) is 0 Å². The highest BCUT2D eigenvalue weighted by Crippen LogP contribution is 2.33. The number of benzene rings is 3. The standard InChI is InChI=1S/C26H26N2O2/c29-25(28-18-10-17-24(28)21-13-6-2-7-14-21)19-23(20-11-4-1-5-12-20)27-26(30)22-15-8-3-9-16-22/h1-9,11-16,23-24H,10,17-19H2,(H,27,30). The zero-order valence-electron chi connectivity index (χ0n) is 16.9. The van der Waals surface area contributed by atoms with Crippen molar-refractivity contribution in [1.82, 2.24) is 10.2 Å². The fraction of sp³-hybridized carbons (Fsp3) is 0.231. The first-order valence-corrected chi connectivity index (χ1v) is 10.5. The molecule has 30 heavy (non-hydrogen) atoms. The Morgan fingerprint density at radius 3 is 2.13 bits per heavy atom. The van der Waals surface area contributed by atoms with Crippen LogP contribution in [0.15, 0.2) is 91.0 Å².